The lowest BCUT2D eigenvalue weighted by molar-refractivity contribution is -0.130. The summed E-state index contributed by atoms with van der Waals surface area (Å²) >= 11 is 0. The van der Waals surface area contributed by atoms with Crippen LogP contribution in [0.5, 0.6) is 5.75 Å². The van der Waals surface area contributed by atoms with Crippen LogP contribution in [-0.4, -0.2) is 42.0 Å². The zero-order valence-corrected chi connectivity index (χ0v) is 12.4. The van der Waals surface area contributed by atoms with Crippen molar-refractivity contribution in [2.75, 3.05) is 25.0 Å². The minimum atomic E-state index is -0.300. The number of phenolic OH excluding ortho intramolecular Hbond substituents is 1. The molecule has 0 bridgehead atoms. The van der Waals surface area contributed by atoms with Crippen molar-refractivity contribution >= 4 is 17.5 Å². The number of aromatic hydroxyl groups is 1. The number of para-hydroxylation sites is 1. The predicted molar refractivity (Wildman–Crippen MR) is 81.2 cm³/mol. The number of fused-ring (bicyclic) bond motifs is 1. The summed E-state index contributed by atoms with van der Waals surface area (Å²) in [4.78, 5) is 26.9. The number of phenols is 1. The number of hydrogen-bond donors (Lipinski definition) is 1. The maximum absolute atomic E-state index is 12.5. The van der Waals surface area contributed by atoms with E-state index in [0.717, 1.165) is 12.0 Å². The molecule has 112 valence electrons. The Bertz CT molecular complexity index is 583. The largest absolute Gasteiger partial charge is 0.506 e. The van der Waals surface area contributed by atoms with Gasteiger partial charge in [0, 0.05) is 13.6 Å². The van der Waals surface area contributed by atoms with Crippen LogP contribution in [0.2, 0.25) is 0 Å². The Morgan fingerprint density at radius 2 is 2.24 bits per heavy atom. The average molecular weight is 288 g/mol. The van der Waals surface area contributed by atoms with Gasteiger partial charge in [0.1, 0.15) is 12.3 Å². The molecule has 5 heteroatoms. The minimum absolute atomic E-state index is 0.0364. The smallest absolute Gasteiger partial charge is 0.246 e. The van der Waals surface area contributed by atoms with Gasteiger partial charge in [0.15, 0.2) is 0 Å². The highest BCUT2D eigenvalue weighted by Gasteiger charge is 2.29. The van der Waals surface area contributed by atoms with Gasteiger partial charge in [-0.3, -0.25) is 9.59 Å². The lowest BCUT2D eigenvalue weighted by atomic mass is 9.93. The zero-order chi connectivity index (χ0) is 15.6. The molecule has 0 radical (unpaired) electrons. The molecule has 0 saturated carbocycles. The van der Waals surface area contributed by atoms with E-state index < -0.39 is 0 Å². The van der Waals surface area contributed by atoms with Gasteiger partial charge in [0.25, 0.3) is 0 Å². The molecule has 1 aromatic carbocycles. The van der Waals surface area contributed by atoms with Gasteiger partial charge in [0.2, 0.25) is 11.8 Å². The topological polar surface area (TPSA) is 60.9 Å². The summed E-state index contributed by atoms with van der Waals surface area (Å²) < 4.78 is 0. The molecule has 0 saturated heterocycles. The molecule has 0 aliphatic carbocycles. The highest BCUT2D eigenvalue weighted by atomic mass is 16.3. The van der Waals surface area contributed by atoms with Gasteiger partial charge < -0.3 is 14.9 Å². The van der Waals surface area contributed by atoms with E-state index >= 15 is 0 Å². The summed E-state index contributed by atoms with van der Waals surface area (Å²) in [6.45, 7) is 5.97. The molecule has 2 amide bonds. The third-order valence-corrected chi connectivity index (χ3v) is 3.66. The van der Waals surface area contributed by atoms with Crippen LogP contribution in [0.25, 0.3) is 0 Å². The van der Waals surface area contributed by atoms with E-state index in [1.54, 1.807) is 24.1 Å². The van der Waals surface area contributed by atoms with Gasteiger partial charge in [-0.25, -0.2) is 0 Å². The standard InChI is InChI=1S/C16H20N2O3/c1-4-14(20)17(3)10-15(21)18-9-11(2)8-12-6-5-7-13(19)16(12)18/h4-7,11,19H,1,8-10H2,2-3H3. The molecule has 2 rings (SSSR count). The third-order valence-electron chi connectivity index (χ3n) is 3.66. The van der Waals surface area contributed by atoms with Crippen molar-refractivity contribution < 1.29 is 14.7 Å². The molecule has 0 fully saturated rings. The normalized spacial score (nSPS) is 17.0. The van der Waals surface area contributed by atoms with Gasteiger partial charge in [-0.1, -0.05) is 25.6 Å². The van der Waals surface area contributed by atoms with Crippen molar-refractivity contribution in [2.45, 2.75) is 13.3 Å². The highest BCUT2D eigenvalue weighted by Crippen LogP contribution is 2.37. The quantitative estimate of drug-likeness (QED) is 0.859. The van der Waals surface area contributed by atoms with Crippen LogP contribution >= 0.6 is 0 Å². The molecule has 1 unspecified atom stereocenters. The fourth-order valence-electron chi connectivity index (χ4n) is 2.65. The van der Waals surface area contributed by atoms with E-state index in [1.165, 1.54) is 11.0 Å². The number of nitrogens with zero attached hydrogens (tertiary/aromatic N) is 2. The summed E-state index contributed by atoms with van der Waals surface area (Å²) in [5.74, 6) is -0.0953. The molecule has 21 heavy (non-hydrogen) atoms. The molecule has 0 spiro atoms. The summed E-state index contributed by atoms with van der Waals surface area (Å²) in [6, 6.07) is 5.28. The second-order valence-electron chi connectivity index (χ2n) is 5.50. The number of amides is 2. The van der Waals surface area contributed by atoms with Gasteiger partial charge >= 0.3 is 0 Å². The van der Waals surface area contributed by atoms with Crippen LogP contribution in [0.4, 0.5) is 5.69 Å². The van der Waals surface area contributed by atoms with Crippen molar-refractivity contribution in [3.8, 4) is 5.75 Å². The third kappa shape index (κ3) is 3.07. The molecule has 1 aromatic rings. The first-order valence-electron chi connectivity index (χ1n) is 6.92. The number of likely N-dealkylation sites (N-methyl/N-ethyl adjacent to an activating group) is 1. The first-order valence-corrected chi connectivity index (χ1v) is 6.92. The van der Waals surface area contributed by atoms with Crippen LogP contribution in [0.15, 0.2) is 30.9 Å². The highest BCUT2D eigenvalue weighted by molar-refractivity contribution is 6.00. The summed E-state index contributed by atoms with van der Waals surface area (Å²) in [6.07, 6.45) is 2.01. The average Bonchev–Trinajstić information content (AvgIpc) is 2.45. The van der Waals surface area contributed by atoms with Crippen LogP contribution in [-0.2, 0) is 16.0 Å². The Morgan fingerprint density at radius 3 is 2.90 bits per heavy atom. The minimum Gasteiger partial charge on any atom is -0.506 e. The lowest BCUT2D eigenvalue weighted by Crippen LogP contribution is -2.45. The Kier molecular flexibility index (Phi) is 4.31. The molecular formula is C16H20N2O3. The number of carbonyl (C=O) groups excluding carboxylic acids is 2. The second-order valence-corrected chi connectivity index (χ2v) is 5.50. The maximum atomic E-state index is 12.5. The molecule has 1 atom stereocenters. The lowest BCUT2D eigenvalue weighted by Gasteiger charge is -2.34. The fourth-order valence-corrected chi connectivity index (χ4v) is 2.65. The molecule has 1 aliphatic heterocycles. The first kappa shape index (κ1) is 15.1. The van der Waals surface area contributed by atoms with Crippen LogP contribution in [0.3, 0.4) is 0 Å². The van der Waals surface area contributed by atoms with Crippen LogP contribution < -0.4 is 4.90 Å². The molecule has 5 nitrogen and oxygen atoms in total. The van der Waals surface area contributed by atoms with Gasteiger partial charge in [-0.2, -0.15) is 0 Å². The Hall–Kier alpha value is -2.30. The van der Waals surface area contributed by atoms with Crippen LogP contribution in [0.1, 0.15) is 12.5 Å². The van der Waals surface area contributed by atoms with Crippen molar-refractivity contribution in [1.82, 2.24) is 4.90 Å². The zero-order valence-electron chi connectivity index (χ0n) is 12.4. The summed E-state index contributed by atoms with van der Waals surface area (Å²) in [5.41, 5.74) is 1.53. The Morgan fingerprint density at radius 1 is 1.52 bits per heavy atom. The van der Waals surface area contributed by atoms with E-state index in [1.807, 2.05) is 6.07 Å². The Balaban J connectivity index is 2.26. The summed E-state index contributed by atoms with van der Waals surface area (Å²) in [7, 11) is 1.56. The molecule has 1 N–H and O–H groups in total. The maximum Gasteiger partial charge on any atom is 0.246 e. The number of carbonyl (C=O) groups is 2. The van der Waals surface area contributed by atoms with E-state index in [4.69, 9.17) is 0 Å². The fraction of sp³-hybridized carbons (Fsp3) is 0.375. The van der Waals surface area contributed by atoms with Crippen molar-refractivity contribution in [1.29, 1.82) is 0 Å². The monoisotopic (exact) mass is 288 g/mol. The van der Waals surface area contributed by atoms with Crippen LogP contribution in [0, 0.1) is 5.92 Å². The molecular weight excluding hydrogens is 268 g/mol. The number of rotatable bonds is 3. The number of benzene rings is 1. The Labute approximate surface area is 124 Å². The van der Waals surface area contributed by atoms with E-state index in [2.05, 4.69) is 13.5 Å². The van der Waals surface area contributed by atoms with Gasteiger partial charge in [0.05, 0.1) is 5.69 Å². The van der Waals surface area contributed by atoms with Crippen molar-refractivity contribution in [3.63, 3.8) is 0 Å². The molecule has 1 aliphatic rings. The van der Waals surface area contributed by atoms with E-state index in [9.17, 15) is 14.7 Å². The predicted octanol–water partition coefficient (Wildman–Crippen LogP) is 1.56. The number of anilines is 1. The van der Waals surface area contributed by atoms with E-state index in [-0.39, 0.29) is 24.1 Å². The molecule has 1 heterocycles. The summed E-state index contributed by atoms with van der Waals surface area (Å²) in [5, 5.41) is 10.1. The second kappa shape index (κ2) is 5.99. The van der Waals surface area contributed by atoms with Crippen molar-refractivity contribution in [3.05, 3.63) is 36.4 Å². The van der Waals surface area contributed by atoms with Crippen molar-refractivity contribution in [2.24, 2.45) is 5.92 Å². The SMILES string of the molecule is C=CC(=O)N(C)CC(=O)N1CC(C)Cc2cccc(O)c21. The van der Waals surface area contributed by atoms with E-state index in [0.29, 0.717) is 18.2 Å². The van der Waals surface area contributed by atoms with Gasteiger partial charge in [-0.05, 0) is 30.0 Å². The first-order chi connectivity index (χ1) is 9.93. The van der Waals surface area contributed by atoms with Gasteiger partial charge in [-0.15, -0.1) is 0 Å². The number of hydrogen-bond acceptors (Lipinski definition) is 3. The molecule has 0 aromatic heterocycles.